The highest BCUT2D eigenvalue weighted by Crippen LogP contribution is 2.52. The first-order valence-electron chi connectivity index (χ1n) is 5.78. The molecule has 2 rings (SSSR count). The van der Waals surface area contributed by atoms with Crippen molar-refractivity contribution in [1.82, 2.24) is 5.32 Å². The molecular weight excluding hydrogens is 158 g/mol. The molecular formula is C12H23N. The van der Waals surface area contributed by atoms with Gasteiger partial charge in [-0.2, -0.15) is 0 Å². The maximum absolute atomic E-state index is 3.62. The summed E-state index contributed by atoms with van der Waals surface area (Å²) in [5.41, 5.74) is 0.688. The molecule has 1 spiro atoms. The van der Waals surface area contributed by atoms with Crippen molar-refractivity contribution in [2.75, 3.05) is 6.54 Å². The molecule has 1 N–H and O–H groups in total. The van der Waals surface area contributed by atoms with Gasteiger partial charge in [-0.3, -0.25) is 0 Å². The fraction of sp³-hybridized carbons (Fsp3) is 1.00. The molecule has 3 atom stereocenters. The minimum Gasteiger partial charge on any atom is -0.313 e. The summed E-state index contributed by atoms with van der Waals surface area (Å²) in [7, 11) is 0. The van der Waals surface area contributed by atoms with Crippen LogP contribution in [0.15, 0.2) is 0 Å². The molecule has 76 valence electrons. The van der Waals surface area contributed by atoms with Crippen molar-refractivity contribution in [3.05, 3.63) is 0 Å². The lowest BCUT2D eigenvalue weighted by Crippen LogP contribution is -2.63. The first-order chi connectivity index (χ1) is 6.05. The molecule has 1 saturated heterocycles. The lowest BCUT2D eigenvalue weighted by atomic mass is 9.67. The fourth-order valence-electron chi connectivity index (χ4n) is 3.62. The third-order valence-corrected chi connectivity index (χ3v) is 4.43. The topological polar surface area (TPSA) is 12.0 Å². The molecule has 1 aliphatic heterocycles. The van der Waals surface area contributed by atoms with Crippen LogP contribution in [0.4, 0.5) is 0 Å². The van der Waals surface area contributed by atoms with Crippen LogP contribution in [0, 0.1) is 23.2 Å². The molecule has 13 heavy (non-hydrogen) atoms. The molecule has 0 aromatic rings. The summed E-state index contributed by atoms with van der Waals surface area (Å²) in [6.45, 7) is 10.8. The summed E-state index contributed by atoms with van der Waals surface area (Å²) in [5, 5.41) is 3.62. The van der Waals surface area contributed by atoms with E-state index in [9.17, 15) is 0 Å². The van der Waals surface area contributed by atoms with Gasteiger partial charge in [0.25, 0.3) is 0 Å². The zero-order valence-electron chi connectivity index (χ0n) is 9.43. The SMILES string of the molecule is CC(C)C1NCC12CC(C)C(C)C2. The Bertz CT molecular complexity index is 187. The van der Waals surface area contributed by atoms with E-state index in [0.717, 1.165) is 23.8 Å². The first-order valence-corrected chi connectivity index (χ1v) is 5.78. The van der Waals surface area contributed by atoms with E-state index in [1.807, 2.05) is 0 Å². The Hall–Kier alpha value is -0.0400. The quantitative estimate of drug-likeness (QED) is 0.656. The second-order valence-electron chi connectivity index (χ2n) is 5.83. The summed E-state index contributed by atoms with van der Waals surface area (Å²) in [6.07, 6.45) is 2.92. The Labute approximate surface area is 82.3 Å². The van der Waals surface area contributed by atoms with E-state index in [2.05, 4.69) is 33.0 Å². The van der Waals surface area contributed by atoms with E-state index in [1.165, 1.54) is 19.4 Å². The zero-order chi connectivity index (χ0) is 9.64. The van der Waals surface area contributed by atoms with Crippen LogP contribution < -0.4 is 5.32 Å². The van der Waals surface area contributed by atoms with E-state index >= 15 is 0 Å². The van der Waals surface area contributed by atoms with Gasteiger partial charge in [-0.05, 0) is 36.0 Å². The van der Waals surface area contributed by atoms with Crippen molar-refractivity contribution < 1.29 is 0 Å². The van der Waals surface area contributed by atoms with Gasteiger partial charge in [-0.25, -0.2) is 0 Å². The molecule has 0 aromatic heterocycles. The molecule has 0 amide bonds. The van der Waals surface area contributed by atoms with Gasteiger partial charge in [0.1, 0.15) is 0 Å². The minimum absolute atomic E-state index is 0.688. The summed E-state index contributed by atoms with van der Waals surface area (Å²) >= 11 is 0. The average molecular weight is 181 g/mol. The van der Waals surface area contributed by atoms with Crippen LogP contribution in [-0.4, -0.2) is 12.6 Å². The summed E-state index contributed by atoms with van der Waals surface area (Å²) in [6, 6.07) is 0.805. The van der Waals surface area contributed by atoms with Crippen LogP contribution in [-0.2, 0) is 0 Å². The fourth-order valence-corrected chi connectivity index (χ4v) is 3.62. The molecule has 0 radical (unpaired) electrons. The van der Waals surface area contributed by atoms with Crippen molar-refractivity contribution in [2.24, 2.45) is 23.2 Å². The lowest BCUT2D eigenvalue weighted by molar-refractivity contribution is 0.0498. The first kappa shape index (κ1) is 9.51. The van der Waals surface area contributed by atoms with Crippen LogP contribution in [0.1, 0.15) is 40.5 Å². The van der Waals surface area contributed by atoms with Crippen molar-refractivity contribution in [3.8, 4) is 0 Å². The number of hydrogen-bond donors (Lipinski definition) is 1. The Morgan fingerprint density at radius 1 is 1.15 bits per heavy atom. The van der Waals surface area contributed by atoms with Gasteiger partial charge in [-0.15, -0.1) is 0 Å². The lowest BCUT2D eigenvalue weighted by Gasteiger charge is -2.51. The summed E-state index contributed by atoms with van der Waals surface area (Å²) in [4.78, 5) is 0. The summed E-state index contributed by atoms with van der Waals surface area (Å²) < 4.78 is 0. The molecule has 3 unspecified atom stereocenters. The van der Waals surface area contributed by atoms with Crippen LogP contribution in [0.25, 0.3) is 0 Å². The van der Waals surface area contributed by atoms with Gasteiger partial charge < -0.3 is 5.32 Å². The maximum atomic E-state index is 3.62. The molecule has 1 saturated carbocycles. The highest BCUT2D eigenvalue weighted by atomic mass is 15.1. The molecule has 1 nitrogen and oxygen atoms in total. The van der Waals surface area contributed by atoms with Gasteiger partial charge >= 0.3 is 0 Å². The molecule has 1 aliphatic carbocycles. The van der Waals surface area contributed by atoms with Crippen LogP contribution in [0.2, 0.25) is 0 Å². The van der Waals surface area contributed by atoms with Gasteiger partial charge in [0.15, 0.2) is 0 Å². The van der Waals surface area contributed by atoms with E-state index in [-0.39, 0.29) is 0 Å². The standard InChI is InChI=1S/C12H23N/c1-8(2)11-12(7-13-11)5-9(3)10(4)6-12/h8-11,13H,5-7H2,1-4H3. The minimum atomic E-state index is 0.688. The van der Waals surface area contributed by atoms with Crippen LogP contribution in [0.3, 0.4) is 0 Å². The normalized spacial score (nSPS) is 50.1. The van der Waals surface area contributed by atoms with Crippen molar-refractivity contribution >= 4 is 0 Å². The third-order valence-electron chi connectivity index (χ3n) is 4.43. The number of nitrogens with one attached hydrogen (secondary N) is 1. The zero-order valence-corrected chi connectivity index (χ0v) is 9.43. The highest BCUT2D eigenvalue weighted by molar-refractivity contribution is 5.07. The molecule has 0 bridgehead atoms. The molecule has 0 aromatic carbocycles. The Morgan fingerprint density at radius 2 is 1.69 bits per heavy atom. The van der Waals surface area contributed by atoms with E-state index < -0.39 is 0 Å². The predicted octanol–water partition coefficient (Wildman–Crippen LogP) is 2.67. The van der Waals surface area contributed by atoms with Crippen LogP contribution in [0.5, 0.6) is 0 Å². The molecule has 1 heteroatoms. The van der Waals surface area contributed by atoms with Gasteiger partial charge in [0.05, 0.1) is 0 Å². The van der Waals surface area contributed by atoms with E-state index in [4.69, 9.17) is 0 Å². The summed E-state index contributed by atoms with van der Waals surface area (Å²) in [5.74, 6) is 2.71. The molecule has 2 aliphatic rings. The largest absolute Gasteiger partial charge is 0.313 e. The van der Waals surface area contributed by atoms with Gasteiger partial charge in [0.2, 0.25) is 0 Å². The second kappa shape index (κ2) is 2.98. The number of hydrogen-bond acceptors (Lipinski definition) is 1. The van der Waals surface area contributed by atoms with E-state index in [0.29, 0.717) is 5.41 Å². The van der Waals surface area contributed by atoms with Crippen molar-refractivity contribution in [1.29, 1.82) is 0 Å². The Morgan fingerprint density at radius 3 is 2.00 bits per heavy atom. The predicted molar refractivity (Wildman–Crippen MR) is 56.6 cm³/mol. The monoisotopic (exact) mass is 181 g/mol. The van der Waals surface area contributed by atoms with Gasteiger partial charge in [-0.1, -0.05) is 27.7 Å². The molecule has 2 fully saturated rings. The maximum Gasteiger partial charge on any atom is 0.0159 e. The van der Waals surface area contributed by atoms with Gasteiger partial charge in [0, 0.05) is 12.6 Å². The smallest absolute Gasteiger partial charge is 0.0159 e. The van der Waals surface area contributed by atoms with Crippen LogP contribution >= 0.6 is 0 Å². The van der Waals surface area contributed by atoms with Crippen molar-refractivity contribution in [3.63, 3.8) is 0 Å². The average Bonchev–Trinajstić information content (AvgIpc) is 2.27. The Balaban J connectivity index is 2.07. The van der Waals surface area contributed by atoms with E-state index in [1.54, 1.807) is 0 Å². The Kier molecular flexibility index (Phi) is 2.18. The second-order valence-corrected chi connectivity index (χ2v) is 5.83. The van der Waals surface area contributed by atoms with Crippen molar-refractivity contribution in [2.45, 2.75) is 46.6 Å². The third kappa shape index (κ3) is 1.32. The number of rotatable bonds is 1. The highest BCUT2D eigenvalue weighted by Gasteiger charge is 2.53. The molecule has 1 heterocycles.